The first kappa shape index (κ1) is 16.4. The van der Waals surface area contributed by atoms with Gasteiger partial charge in [0.1, 0.15) is 6.33 Å². The lowest BCUT2D eigenvalue weighted by Crippen LogP contribution is -2.44. The average molecular weight is 347 g/mol. The highest BCUT2D eigenvalue weighted by molar-refractivity contribution is 5.79. The van der Waals surface area contributed by atoms with Gasteiger partial charge >= 0.3 is 0 Å². The molecule has 1 aliphatic rings. The van der Waals surface area contributed by atoms with Gasteiger partial charge in [0.2, 0.25) is 5.91 Å². The van der Waals surface area contributed by atoms with Crippen LogP contribution in [0.25, 0.3) is 5.69 Å². The summed E-state index contributed by atoms with van der Waals surface area (Å²) < 4.78 is 1.59. The quantitative estimate of drug-likeness (QED) is 0.770. The molecule has 0 bridgehead atoms. The van der Waals surface area contributed by atoms with Crippen LogP contribution in [-0.4, -0.2) is 26.1 Å². The molecular weight excluding hydrogens is 326 g/mol. The van der Waals surface area contributed by atoms with Gasteiger partial charge in [0.25, 0.3) is 0 Å². The molecule has 132 valence electrons. The zero-order valence-electron chi connectivity index (χ0n) is 14.5. The van der Waals surface area contributed by atoms with Crippen molar-refractivity contribution >= 4 is 5.91 Å². The standard InChI is InChI=1S/C20H21N5O/c26-19(14-16-8-10-18(11-9-16)25-15-21-23-24-25)22-20(12-4-5-13-20)17-6-2-1-3-7-17/h1-3,6-11,15H,4-5,12-14H2,(H,22,26). The van der Waals surface area contributed by atoms with Gasteiger partial charge in [-0.15, -0.1) is 5.10 Å². The Bertz CT molecular complexity index is 853. The highest BCUT2D eigenvalue weighted by atomic mass is 16.1. The molecule has 0 aliphatic heterocycles. The largest absolute Gasteiger partial charge is 0.346 e. The predicted molar refractivity (Wildman–Crippen MR) is 97.6 cm³/mol. The summed E-state index contributed by atoms with van der Waals surface area (Å²) in [7, 11) is 0. The molecule has 26 heavy (non-hydrogen) atoms. The topological polar surface area (TPSA) is 72.7 Å². The molecule has 1 saturated carbocycles. The van der Waals surface area contributed by atoms with Gasteiger partial charge in [-0.1, -0.05) is 55.3 Å². The van der Waals surface area contributed by atoms with Crippen LogP contribution in [0.4, 0.5) is 0 Å². The third-order valence-corrected chi connectivity index (χ3v) is 5.08. The number of hydrogen-bond donors (Lipinski definition) is 1. The van der Waals surface area contributed by atoms with Crippen LogP contribution in [0.1, 0.15) is 36.8 Å². The molecule has 2 aromatic carbocycles. The number of amides is 1. The Kier molecular flexibility index (Phi) is 4.48. The molecule has 0 unspecified atom stereocenters. The first-order chi connectivity index (χ1) is 12.8. The molecule has 0 spiro atoms. The van der Waals surface area contributed by atoms with Crippen LogP contribution in [0, 0.1) is 0 Å². The van der Waals surface area contributed by atoms with E-state index in [1.165, 1.54) is 5.56 Å². The SMILES string of the molecule is O=C(Cc1ccc(-n2cnnn2)cc1)NC1(c2ccccc2)CCCC1. The Morgan fingerprint density at radius 2 is 1.77 bits per heavy atom. The van der Waals surface area contributed by atoms with Crippen molar-refractivity contribution in [2.75, 3.05) is 0 Å². The maximum absolute atomic E-state index is 12.7. The number of rotatable bonds is 5. The molecule has 6 nitrogen and oxygen atoms in total. The number of tetrazole rings is 1. The molecule has 4 rings (SSSR count). The third-order valence-electron chi connectivity index (χ3n) is 5.08. The van der Waals surface area contributed by atoms with Crippen LogP contribution in [0.2, 0.25) is 0 Å². The van der Waals surface area contributed by atoms with E-state index in [0.717, 1.165) is 36.9 Å². The summed E-state index contributed by atoms with van der Waals surface area (Å²) in [6.45, 7) is 0. The van der Waals surface area contributed by atoms with Crippen LogP contribution in [0.5, 0.6) is 0 Å². The van der Waals surface area contributed by atoms with E-state index in [9.17, 15) is 4.79 Å². The number of benzene rings is 2. The lowest BCUT2D eigenvalue weighted by Gasteiger charge is -2.31. The Labute approximate surface area is 152 Å². The Morgan fingerprint density at radius 3 is 2.42 bits per heavy atom. The summed E-state index contributed by atoms with van der Waals surface area (Å²) in [6.07, 6.45) is 6.21. The molecule has 1 aromatic heterocycles. The van der Waals surface area contributed by atoms with Gasteiger partial charge in [-0.2, -0.15) is 0 Å². The molecule has 1 fully saturated rings. The smallest absolute Gasteiger partial charge is 0.225 e. The van der Waals surface area contributed by atoms with Crippen molar-refractivity contribution in [3.05, 3.63) is 72.1 Å². The summed E-state index contributed by atoms with van der Waals surface area (Å²) in [5, 5.41) is 14.5. The summed E-state index contributed by atoms with van der Waals surface area (Å²) in [5.74, 6) is 0.0610. The fraction of sp³-hybridized carbons (Fsp3) is 0.300. The van der Waals surface area contributed by atoms with E-state index in [1.807, 2.05) is 42.5 Å². The molecule has 1 heterocycles. The molecule has 1 N–H and O–H groups in total. The van der Waals surface area contributed by atoms with E-state index in [4.69, 9.17) is 0 Å². The molecule has 6 heteroatoms. The van der Waals surface area contributed by atoms with E-state index in [2.05, 4.69) is 33.0 Å². The second-order valence-corrected chi connectivity index (χ2v) is 6.80. The van der Waals surface area contributed by atoms with Gasteiger partial charge in [-0.3, -0.25) is 4.79 Å². The zero-order valence-corrected chi connectivity index (χ0v) is 14.5. The maximum Gasteiger partial charge on any atom is 0.225 e. The minimum absolute atomic E-state index is 0.0610. The zero-order chi connectivity index (χ0) is 17.8. The van der Waals surface area contributed by atoms with Gasteiger partial charge in [0, 0.05) is 0 Å². The van der Waals surface area contributed by atoms with Gasteiger partial charge < -0.3 is 5.32 Å². The van der Waals surface area contributed by atoms with E-state index in [0.29, 0.717) is 6.42 Å². The second-order valence-electron chi connectivity index (χ2n) is 6.80. The molecule has 1 amide bonds. The molecule has 0 radical (unpaired) electrons. The monoisotopic (exact) mass is 347 g/mol. The minimum Gasteiger partial charge on any atom is -0.346 e. The molecule has 0 saturated heterocycles. The van der Waals surface area contributed by atoms with E-state index < -0.39 is 0 Å². The molecular formula is C20H21N5O. The fourth-order valence-corrected chi connectivity index (χ4v) is 3.76. The first-order valence-corrected chi connectivity index (χ1v) is 8.94. The number of nitrogens with zero attached hydrogens (tertiary/aromatic N) is 4. The average Bonchev–Trinajstić information content (AvgIpc) is 3.36. The second kappa shape index (κ2) is 7.07. The predicted octanol–water partition coefficient (Wildman–Crippen LogP) is 2.79. The van der Waals surface area contributed by atoms with Crippen molar-refractivity contribution < 1.29 is 4.79 Å². The van der Waals surface area contributed by atoms with Gasteiger partial charge in [0.05, 0.1) is 17.6 Å². The van der Waals surface area contributed by atoms with Crippen molar-refractivity contribution in [1.29, 1.82) is 0 Å². The summed E-state index contributed by atoms with van der Waals surface area (Å²) in [5.41, 5.74) is 2.83. The van der Waals surface area contributed by atoms with E-state index in [1.54, 1.807) is 11.0 Å². The molecule has 0 atom stereocenters. The van der Waals surface area contributed by atoms with Gasteiger partial charge in [-0.05, 0) is 46.5 Å². The van der Waals surface area contributed by atoms with Gasteiger partial charge in [-0.25, -0.2) is 4.68 Å². The molecule has 3 aromatic rings. The first-order valence-electron chi connectivity index (χ1n) is 8.94. The Hall–Kier alpha value is -3.02. The van der Waals surface area contributed by atoms with Crippen molar-refractivity contribution in [2.24, 2.45) is 0 Å². The van der Waals surface area contributed by atoms with Crippen LogP contribution in [0.15, 0.2) is 60.9 Å². The van der Waals surface area contributed by atoms with Crippen LogP contribution in [-0.2, 0) is 16.8 Å². The summed E-state index contributed by atoms with van der Waals surface area (Å²) >= 11 is 0. The number of carbonyl (C=O) groups is 1. The lowest BCUT2D eigenvalue weighted by molar-refractivity contribution is -0.122. The van der Waals surface area contributed by atoms with Gasteiger partial charge in [0.15, 0.2) is 0 Å². The third kappa shape index (κ3) is 3.35. The maximum atomic E-state index is 12.7. The van der Waals surface area contributed by atoms with Crippen molar-refractivity contribution in [2.45, 2.75) is 37.6 Å². The van der Waals surface area contributed by atoms with E-state index >= 15 is 0 Å². The number of hydrogen-bond acceptors (Lipinski definition) is 4. The fourth-order valence-electron chi connectivity index (χ4n) is 3.76. The normalized spacial score (nSPS) is 15.7. The van der Waals surface area contributed by atoms with Crippen molar-refractivity contribution in [3.63, 3.8) is 0 Å². The summed E-state index contributed by atoms with van der Waals surface area (Å²) in [4.78, 5) is 12.7. The highest BCUT2D eigenvalue weighted by Crippen LogP contribution is 2.38. The molecule has 1 aliphatic carbocycles. The van der Waals surface area contributed by atoms with Crippen LogP contribution < -0.4 is 5.32 Å². The van der Waals surface area contributed by atoms with Crippen LogP contribution >= 0.6 is 0 Å². The van der Waals surface area contributed by atoms with E-state index in [-0.39, 0.29) is 11.4 Å². The highest BCUT2D eigenvalue weighted by Gasteiger charge is 2.36. The Balaban J connectivity index is 1.46. The number of nitrogens with one attached hydrogen (secondary N) is 1. The minimum atomic E-state index is -0.218. The van der Waals surface area contributed by atoms with Crippen molar-refractivity contribution in [1.82, 2.24) is 25.5 Å². The Morgan fingerprint density at radius 1 is 1.04 bits per heavy atom. The van der Waals surface area contributed by atoms with Crippen molar-refractivity contribution in [3.8, 4) is 5.69 Å². The van der Waals surface area contributed by atoms with Crippen LogP contribution in [0.3, 0.4) is 0 Å². The number of aromatic nitrogens is 4. The summed E-state index contributed by atoms with van der Waals surface area (Å²) in [6, 6.07) is 18.1. The lowest BCUT2D eigenvalue weighted by atomic mass is 9.88. The number of carbonyl (C=O) groups excluding carboxylic acids is 1.